The molecule has 3 rings (SSSR count). The van der Waals surface area contributed by atoms with E-state index in [9.17, 15) is 0 Å². The van der Waals surface area contributed by atoms with Crippen molar-refractivity contribution in [3.8, 4) is 11.6 Å². The lowest BCUT2D eigenvalue weighted by Gasteiger charge is -2.18. The predicted molar refractivity (Wildman–Crippen MR) is 98.2 cm³/mol. The van der Waals surface area contributed by atoms with Crippen molar-refractivity contribution in [2.75, 3.05) is 11.9 Å². The minimum Gasteiger partial charge on any atom is -0.491 e. The summed E-state index contributed by atoms with van der Waals surface area (Å²) in [5.74, 6) is 2.40. The number of hydrogen-bond donors (Lipinski definition) is 0. The standard InChI is InChI=1S/C19H23N5O/c1-14(2)25-17-7-5-6-16(12-17)13-23(4)18-8-9-19(21-20-18)24-11-10-15(3)22-24/h5-12,14H,13H2,1-4H3. The third-order valence-corrected chi connectivity index (χ3v) is 3.67. The second kappa shape index (κ2) is 7.34. The fourth-order valence-corrected chi connectivity index (χ4v) is 2.53. The molecule has 0 amide bonds. The van der Waals surface area contributed by atoms with Gasteiger partial charge in [-0.15, -0.1) is 10.2 Å². The summed E-state index contributed by atoms with van der Waals surface area (Å²) in [6.07, 6.45) is 2.04. The van der Waals surface area contributed by atoms with E-state index in [0.717, 1.165) is 29.4 Å². The number of anilines is 1. The monoisotopic (exact) mass is 337 g/mol. The summed E-state index contributed by atoms with van der Waals surface area (Å²) in [7, 11) is 2.00. The van der Waals surface area contributed by atoms with Gasteiger partial charge >= 0.3 is 0 Å². The van der Waals surface area contributed by atoms with Crippen LogP contribution in [0.25, 0.3) is 5.82 Å². The van der Waals surface area contributed by atoms with E-state index < -0.39 is 0 Å². The van der Waals surface area contributed by atoms with Crippen molar-refractivity contribution in [2.45, 2.75) is 33.4 Å². The van der Waals surface area contributed by atoms with Gasteiger partial charge in [-0.3, -0.25) is 0 Å². The minimum absolute atomic E-state index is 0.164. The van der Waals surface area contributed by atoms with E-state index in [2.05, 4.69) is 32.3 Å². The van der Waals surface area contributed by atoms with Crippen molar-refractivity contribution in [1.82, 2.24) is 20.0 Å². The Morgan fingerprint density at radius 1 is 1.12 bits per heavy atom. The number of rotatable bonds is 6. The Balaban J connectivity index is 1.70. The lowest BCUT2D eigenvalue weighted by Crippen LogP contribution is -2.18. The van der Waals surface area contributed by atoms with E-state index in [1.807, 2.05) is 64.3 Å². The van der Waals surface area contributed by atoms with Gasteiger partial charge in [-0.1, -0.05) is 12.1 Å². The van der Waals surface area contributed by atoms with Gasteiger partial charge in [0.1, 0.15) is 5.75 Å². The largest absolute Gasteiger partial charge is 0.491 e. The summed E-state index contributed by atoms with van der Waals surface area (Å²) >= 11 is 0. The molecule has 2 heterocycles. The zero-order valence-corrected chi connectivity index (χ0v) is 15.0. The van der Waals surface area contributed by atoms with Crippen molar-refractivity contribution in [3.05, 3.63) is 59.9 Å². The lowest BCUT2D eigenvalue weighted by molar-refractivity contribution is 0.242. The van der Waals surface area contributed by atoms with E-state index in [-0.39, 0.29) is 6.10 Å². The van der Waals surface area contributed by atoms with Crippen LogP contribution in [0, 0.1) is 6.92 Å². The van der Waals surface area contributed by atoms with Crippen LogP contribution in [0.5, 0.6) is 5.75 Å². The van der Waals surface area contributed by atoms with Crippen molar-refractivity contribution in [3.63, 3.8) is 0 Å². The highest BCUT2D eigenvalue weighted by Gasteiger charge is 2.07. The molecule has 25 heavy (non-hydrogen) atoms. The maximum Gasteiger partial charge on any atom is 0.175 e. The number of ether oxygens (including phenoxy) is 1. The third kappa shape index (κ3) is 4.35. The SMILES string of the molecule is Cc1ccn(-c2ccc(N(C)Cc3cccc(OC(C)C)c3)nn2)n1. The fourth-order valence-electron chi connectivity index (χ4n) is 2.53. The molecule has 0 spiro atoms. The van der Waals surface area contributed by atoms with E-state index in [1.165, 1.54) is 0 Å². The van der Waals surface area contributed by atoms with Gasteiger partial charge in [0.15, 0.2) is 11.6 Å². The zero-order chi connectivity index (χ0) is 17.8. The molecule has 0 atom stereocenters. The molecule has 0 bridgehead atoms. The molecule has 0 aliphatic carbocycles. The maximum absolute atomic E-state index is 5.75. The summed E-state index contributed by atoms with van der Waals surface area (Å²) < 4.78 is 7.47. The molecule has 1 aromatic carbocycles. The van der Waals surface area contributed by atoms with Gasteiger partial charge in [0, 0.05) is 19.8 Å². The van der Waals surface area contributed by atoms with Crippen molar-refractivity contribution in [1.29, 1.82) is 0 Å². The zero-order valence-electron chi connectivity index (χ0n) is 15.0. The molecule has 6 heteroatoms. The molecule has 0 saturated heterocycles. The molecule has 2 aromatic heterocycles. The Hall–Kier alpha value is -2.89. The quantitative estimate of drug-likeness (QED) is 0.690. The average molecular weight is 337 g/mol. The predicted octanol–water partition coefficient (Wildman–Crippen LogP) is 3.39. The van der Waals surface area contributed by atoms with Gasteiger partial charge in [0.25, 0.3) is 0 Å². The first-order valence-electron chi connectivity index (χ1n) is 8.34. The van der Waals surface area contributed by atoms with Crippen LogP contribution in [0.1, 0.15) is 25.1 Å². The van der Waals surface area contributed by atoms with Crippen LogP contribution in [0.2, 0.25) is 0 Å². The number of aryl methyl sites for hydroxylation is 1. The molecule has 0 fully saturated rings. The normalized spacial score (nSPS) is 10.9. The van der Waals surface area contributed by atoms with Crippen LogP contribution in [-0.4, -0.2) is 33.1 Å². The van der Waals surface area contributed by atoms with Crippen LogP contribution >= 0.6 is 0 Å². The van der Waals surface area contributed by atoms with Gasteiger partial charge in [0.2, 0.25) is 0 Å². The smallest absolute Gasteiger partial charge is 0.175 e. The summed E-state index contributed by atoms with van der Waals surface area (Å²) in [6.45, 7) is 6.72. The van der Waals surface area contributed by atoms with Crippen LogP contribution in [-0.2, 0) is 6.54 Å². The maximum atomic E-state index is 5.75. The van der Waals surface area contributed by atoms with Crippen molar-refractivity contribution >= 4 is 5.82 Å². The molecule has 130 valence electrons. The first kappa shape index (κ1) is 17.0. The van der Waals surface area contributed by atoms with Crippen molar-refractivity contribution < 1.29 is 4.74 Å². The highest BCUT2D eigenvalue weighted by molar-refractivity contribution is 5.40. The minimum atomic E-state index is 0.164. The molecule has 6 nitrogen and oxygen atoms in total. The summed E-state index contributed by atoms with van der Waals surface area (Å²) in [5, 5.41) is 12.9. The Morgan fingerprint density at radius 3 is 2.60 bits per heavy atom. The lowest BCUT2D eigenvalue weighted by atomic mass is 10.2. The molecule has 3 aromatic rings. The van der Waals surface area contributed by atoms with Gasteiger partial charge in [-0.25, -0.2) is 4.68 Å². The molecule has 0 saturated carbocycles. The molecular weight excluding hydrogens is 314 g/mol. The third-order valence-electron chi connectivity index (χ3n) is 3.67. The molecular formula is C19H23N5O. The van der Waals surface area contributed by atoms with Crippen LogP contribution in [0.3, 0.4) is 0 Å². The van der Waals surface area contributed by atoms with E-state index in [0.29, 0.717) is 5.82 Å². The fraction of sp³-hybridized carbons (Fsp3) is 0.316. The molecule has 0 N–H and O–H groups in total. The van der Waals surface area contributed by atoms with E-state index in [4.69, 9.17) is 4.74 Å². The first-order valence-corrected chi connectivity index (χ1v) is 8.34. The average Bonchev–Trinajstić information content (AvgIpc) is 3.01. The Bertz CT molecular complexity index is 826. The van der Waals surface area contributed by atoms with Gasteiger partial charge in [-0.05, 0) is 56.7 Å². The van der Waals surface area contributed by atoms with Crippen LogP contribution in [0.4, 0.5) is 5.82 Å². The second-order valence-corrected chi connectivity index (χ2v) is 6.32. The highest BCUT2D eigenvalue weighted by atomic mass is 16.5. The van der Waals surface area contributed by atoms with Gasteiger partial charge in [0.05, 0.1) is 11.8 Å². The number of nitrogens with zero attached hydrogens (tertiary/aromatic N) is 5. The first-order chi connectivity index (χ1) is 12.0. The number of hydrogen-bond acceptors (Lipinski definition) is 5. The van der Waals surface area contributed by atoms with E-state index >= 15 is 0 Å². The molecule has 0 radical (unpaired) electrons. The number of aromatic nitrogens is 4. The summed E-state index contributed by atoms with van der Waals surface area (Å²) in [4.78, 5) is 2.06. The van der Waals surface area contributed by atoms with Gasteiger partial charge < -0.3 is 9.64 Å². The highest BCUT2D eigenvalue weighted by Crippen LogP contribution is 2.18. The van der Waals surface area contributed by atoms with Gasteiger partial charge in [-0.2, -0.15) is 5.10 Å². The Morgan fingerprint density at radius 2 is 1.96 bits per heavy atom. The molecule has 0 aliphatic rings. The summed E-state index contributed by atoms with van der Waals surface area (Å²) in [5.41, 5.74) is 2.11. The molecule has 0 unspecified atom stereocenters. The van der Waals surface area contributed by atoms with Crippen molar-refractivity contribution in [2.24, 2.45) is 0 Å². The second-order valence-electron chi connectivity index (χ2n) is 6.32. The Labute approximate surface area is 148 Å². The summed E-state index contributed by atoms with van der Waals surface area (Å²) in [6, 6.07) is 13.9. The van der Waals surface area contributed by atoms with E-state index in [1.54, 1.807) is 4.68 Å². The van der Waals surface area contributed by atoms with Crippen LogP contribution in [0.15, 0.2) is 48.7 Å². The van der Waals surface area contributed by atoms with Crippen LogP contribution < -0.4 is 9.64 Å². The Kier molecular flexibility index (Phi) is 4.97. The number of benzene rings is 1. The molecule has 0 aliphatic heterocycles. The topological polar surface area (TPSA) is 56.1 Å².